The van der Waals surface area contributed by atoms with Gasteiger partial charge in [-0.15, -0.1) is 5.10 Å². The van der Waals surface area contributed by atoms with Gasteiger partial charge < -0.3 is 10.1 Å². The lowest BCUT2D eigenvalue weighted by atomic mass is 10.3. The maximum atomic E-state index is 5.17. The highest BCUT2D eigenvalue weighted by Gasteiger charge is 2.03. The van der Waals surface area contributed by atoms with Gasteiger partial charge in [0.2, 0.25) is 0 Å². The van der Waals surface area contributed by atoms with Crippen molar-refractivity contribution in [2.24, 2.45) is 7.05 Å². The average Bonchev–Trinajstić information content (AvgIpc) is 2.74. The number of hydrogen-bond acceptors (Lipinski definition) is 4. The van der Waals surface area contributed by atoms with Crippen LogP contribution in [0.2, 0.25) is 0 Å². The molecule has 1 aromatic heterocycles. The fourth-order valence-corrected chi connectivity index (χ4v) is 1.82. The summed E-state index contributed by atoms with van der Waals surface area (Å²) in [6, 6.07) is 5.77. The molecule has 0 saturated carbocycles. The molecule has 0 atom stereocenters. The molecule has 0 amide bonds. The van der Waals surface area contributed by atoms with Crippen LogP contribution in [0, 0.1) is 0 Å². The first-order chi connectivity index (χ1) is 8.19. The molecule has 0 saturated heterocycles. The molecule has 2 rings (SSSR count). The van der Waals surface area contributed by atoms with Crippen LogP contribution in [0.15, 0.2) is 28.9 Å². The Labute approximate surface area is 108 Å². The molecule has 0 fully saturated rings. The molecule has 0 aliphatic heterocycles. The Kier molecular flexibility index (Phi) is 3.63. The van der Waals surface area contributed by atoms with Gasteiger partial charge in [0.15, 0.2) is 0 Å². The number of halogens is 1. The summed E-state index contributed by atoms with van der Waals surface area (Å²) in [5.41, 5.74) is 1.86. The highest BCUT2D eigenvalue weighted by molar-refractivity contribution is 9.10. The standard InChI is InChI=1S/C11H13BrN4O/c1-16-7-8(14-15-16)6-13-11-5-9(17-2)3-4-10(11)12/h3-5,7,13H,6H2,1-2H3. The first-order valence-electron chi connectivity index (χ1n) is 5.11. The first-order valence-corrected chi connectivity index (χ1v) is 5.91. The van der Waals surface area contributed by atoms with Crippen LogP contribution in [0.1, 0.15) is 5.69 Å². The number of aryl methyl sites for hydroxylation is 1. The molecule has 90 valence electrons. The summed E-state index contributed by atoms with van der Waals surface area (Å²) in [6.07, 6.45) is 1.88. The number of anilines is 1. The number of rotatable bonds is 4. The Bertz CT molecular complexity index is 512. The Morgan fingerprint density at radius 1 is 1.47 bits per heavy atom. The maximum Gasteiger partial charge on any atom is 0.121 e. The third-order valence-electron chi connectivity index (χ3n) is 2.28. The second kappa shape index (κ2) is 5.18. The second-order valence-electron chi connectivity index (χ2n) is 3.58. The zero-order valence-corrected chi connectivity index (χ0v) is 11.2. The average molecular weight is 297 g/mol. The van der Waals surface area contributed by atoms with Crippen LogP contribution in [0.25, 0.3) is 0 Å². The van der Waals surface area contributed by atoms with Crippen LogP contribution in [0.5, 0.6) is 5.75 Å². The number of benzene rings is 1. The summed E-state index contributed by atoms with van der Waals surface area (Å²) in [4.78, 5) is 0. The number of aromatic nitrogens is 3. The summed E-state index contributed by atoms with van der Waals surface area (Å²) < 4.78 is 7.84. The van der Waals surface area contributed by atoms with Crippen LogP contribution < -0.4 is 10.1 Å². The minimum Gasteiger partial charge on any atom is -0.497 e. The van der Waals surface area contributed by atoms with Crippen molar-refractivity contribution in [1.82, 2.24) is 15.0 Å². The molecule has 6 heteroatoms. The largest absolute Gasteiger partial charge is 0.497 e. The molecule has 0 unspecified atom stereocenters. The fraction of sp³-hybridized carbons (Fsp3) is 0.273. The summed E-state index contributed by atoms with van der Waals surface area (Å²) in [5, 5.41) is 11.2. The van der Waals surface area contributed by atoms with Crippen molar-refractivity contribution in [1.29, 1.82) is 0 Å². The van der Waals surface area contributed by atoms with E-state index < -0.39 is 0 Å². The second-order valence-corrected chi connectivity index (χ2v) is 4.44. The Morgan fingerprint density at radius 2 is 2.29 bits per heavy atom. The van der Waals surface area contributed by atoms with E-state index in [2.05, 4.69) is 31.6 Å². The summed E-state index contributed by atoms with van der Waals surface area (Å²) in [7, 11) is 3.49. The Morgan fingerprint density at radius 3 is 2.94 bits per heavy atom. The molecule has 0 spiro atoms. The molecule has 0 aliphatic carbocycles. The normalized spacial score (nSPS) is 10.3. The van der Waals surface area contributed by atoms with E-state index in [9.17, 15) is 0 Å². The zero-order chi connectivity index (χ0) is 12.3. The summed E-state index contributed by atoms with van der Waals surface area (Å²) >= 11 is 3.48. The lowest BCUT2D eigenvalue weighted by molar-refractivity contribution is 0.415. The van der Waals surface area contributed by atoms with Gasteiger partial charge in [0.05, 0.1) is 19.3 Å². The third-order valence-corrected chi connectivity index (χ3v) is 2.98. The van der Waals surface area contributed by atoms with E-state index in [4.69, 9.17) is 4.74 Å². The molecule has 17 heavy (non-hydrogen) atoms. The van der Waals surface area contributed by atoms with Crippen LogP contribution in [-0.4, -0.2) is 22.1 Å². The van der Waals surface area contributed by atoms with E-state index >= 15 is 0 Å². The van der Waals surface area contributed by atoms with Gasteiger partial charge in [-0.25, -0.2) is 0 Å². The molecule has 1 aromatic carbocycles. The Hall–Kier alpha value is -1.56. The van der Waals surface area contributed by atoms with E-state index in [1.165, 1.54) is 0 Å². The molecule has 0 bridgehead atoms. The molecule has 2 aromatic rings. The van der Waals surface area contributed by atoms with Gasteiger partial charge in [0.1, 0.15) is 11.4 Å². The van der Waals surface area contributed by atoms with Crippen LogP contribution >= 0.6 is 15.9 Å². The van der Waals surface area contributed by atoms with Crippen molar-refractivity contribution in [3.8, 4) is 5.75 Å². The van der Waals surface area contributed by atoms with Crippen molar-refractivity contribution in [2.45, 2.75) is 6.54 Å². The first kappa shape index (κ1) is 11.9. The highest BCUT2D eigenvalue weighted by Crippen LogP contribution is 2.27. The van der Waals surface area contributed by atoms with E-state index in [0.717, 1.165) is 21.6 Å². The van der Waals surface area contributed by atoms with Gasteiger partial charge in [-0.1, -0.05) is 5.21 Å². The molecule has 0 radical (unpaired) electrons. The quantitative estimate of drug-likeness (QED) is 0.940. The number of nitrogens with zero attached hydrogens (tertiary/aromatic N) is 3. The molecule has 0 aliphatic rings. The molecular weight excluding hydrogens is 284 g/mol. The van der Waals surface area contributed by atoms with Crippen molar-refractivity contribution < 1.29 is 4.74 Å². The van der Waals surface area contributed by atoms with E-state index in [1.807, 2.05) is 31.4 Å². The number of nitrogens with one attached hydrogen (secondary N) is 1. The summed E-state index contributed by atoms with van der Waals surface area (Å²) in [5.74, 6) is 0.815. The van der Waals surface area contributed by atoms with Gasteiger partial charge in [-0.3, -0.25) is 4.68 Å². The summed E-state index contributed by atoms with van der Waals surface area (Å²) in [6.45, 7) is 0.625. The van der Waals surface area contributed by atoms with Crippen LogP contribution in [-0.2, 0) is 13.6 Å². The third kappa shape index (κ3) is 2.97. The van der Waals surface area contributed by atoms with Crippen molar-refractivity contribution in [3.63, 3.8) is 0 Å². The van der Waals surface area contributed by atoms with E-state index in [1.54, 1.807) is 11.8 Å². The van der Waals surface area contributed by atoms with Gasteiger partial charge in [0.25, 0.3) is 0 Å². The minimum atomic E-state index is 0.625. The number of methoxy groups -OCH3 is 1. The van der Waals surface area contributed by atoms with Gasteiger partial charge in [-0.05, 0) is 28.1 Å². The highest BCUT2D eigenvalue weighted by atomic mass is 79.9. The molecule has 5 nitrogen and oxygen atoms in total. The van der Waals surface area contributed by atoms with Gasteiger partial charge >= 0.3 is 0 Å². The van der Waals surface area contributed by atoms with Crippen LogP contribution in [0.4, 0.5) is 5.69 Å². The van der Waals surface area contributed by atoms with E-state index in [0.29, 0.717) is 6.54 Å². The molecular formula is C11H13BrN4O. The lowest BCUT2D eigenvalue weighted by Gasteiger charge is -2.08. The SMILES string of the molecule is COc1ccc(Br)c(NCc2cn(C)nn2)c1. The fourth-order valence-electron chi connectivity index (χ4n) is 1.43. The maximum absolute atomic E-state index is 5.17. The number of ether oxygens (including phenoxy) is 1. The predicted octanol–water partition coefficient (Wildman–Crippen LogP) is 2.20. The monoisotopic (exact) mass is 296 g/mol. The van der Waals surface area contributed by atoms with E-state index in [-0.39, 0.29) is 0 Å². The Balaban J connectivity index is 2.07. The van der Waals surface area contributed by atoms with Gasteiger partial charge in [-0.2, -0.15) is 0 Å². The smallest absolute Gasteiger partial charge is 0.121 e. The van der Waals surface area contributed by atoms with Crippen molar-refractivity contribution in [2.75, 3.05) is 12.4 Å². The van der Waals surface area contributed by atoms with Gasteiger partial charge in [0, 0.05) is 23.8 Å². The van der Waals surface area contributed by atoms with Crippen LogP contribution in [0.3, 0.4) is 0 Å². The molecule has 1 heterocycles. The topological polar surface area (TPSA) is 52.0 Å². The zero-order valence-electron chi connectivity index (χ0n) is 9.64. The van der Waals surface area contributed by atoms with Crippen molar-refractivity contribution >= 4 is 21.6 Å². The minimum absolute atomic E-state index is 0.625. The van der Waals surface area contributed by atoms with Crippen molar-refractivity contribution in [3.05, 3.63) is 34.6 Å². The number of hydrogen-bond donors (Lipinski definition) is 1. The predicted molar refractivity (Wildman–Crippen MR) is 69.0 cm³/mol. The lowest BCUT2D eigenvalue weighted by Crippen LogP contribution is -2.00. The molecule has 1 N–H and O–H groups in total.